The summed E-state index contributed by atoms with van der Waals surface area (Å²) in [4.78, 5) is 0. The van der Waals surface area contributed by atoms with Crippen LogP contribution in [0.15, 0.2) is 18.3 Å². The maximum Gasteiger partial charge on any atom is 0.0847 e. The number of rotatable bonds is 2. The molecule has 2 aliphatic rings. The molecule has 1 aromatic heterocycles. The van der Waals surface area contributed by atoms with E-state index in [9.17, 15) is 0 Å². The van der Waals surface area contributed by atoms with Gasteiger partial charge >= 0.3 is 0 Å². The molecular weight excluding hydrogens is 296 g/mol. The van der Waals surface area contributed by atoms with Gasteiger partial charge in [0.15, 0.2) is 0 Å². The van der Waals surface area contributed by atoms with Gasteiger partial charge in [0.25, 0.3) is 0 Å². The van der Waals surface area contributed by atoms with Gasteiger partial charge < -0.3 is 0 Å². The Morgan fingerprint density at radius 3 is 2.21 bits per heavy atom. The van der Waals surface area contributed by atoms with E-state index in [2.05, 4.69) is 32.8 Å². The SMILES string of the molecule is c1cnnc(C2(N3CCCCCCCN3)CCCCCCCC2)c1. The summed E-state index contributed by atoms with van der Waals surface area (Å²) in [6.07, 6.45) is 19.0. The van der Waals surface area contributed by atoms with Crippen LogP contribution in [0.25, 0.3) is 0 Å². The van der Waals surface area contributed by atoms with Crippen molar-refractivity contribution in [2.45, 2.75) is 89.0 Å². The second-order valence-corrected chi connectivity index (χ2v) is 7.59. The van der Waals surface area contributed by atoms with Crippen molar-refractivity contribution in [2.24, 2.45) is 0 Å². The van der Waals surface area contributed by atoms with Crippen LogP contribution in [0.3, 0.4) is 0 Å². The molecule has 134 valence electrons. The lowest BCUT2D eigenvalue weighted by Gasteiger charge is -2.44. The third-order valence-electron chi connectivity index (χ3n) is 5.86. The van der Waals surface area contributed by atoms with Crippen LogP contribution in [0, 0.1) is 0 Å². The van der Waals surface area contributed by atoms with Crippen LogP contribution in [0.5, 0.6) is 0 Å². The van der Waals surface area contributed by atoms with Gasteiger partial charge in [0, 0.05) is 19.3 Å². The molecule has 1 saturated carbocycles. The Balaban J connectivity index is 1.89. The number of nitrogens with one attached hydrogen (secondary N) is 1. The van der Waals surface area contributed by atoms with E-state index in [1.54, 1.807) is 6.20 Å². The quantitative estimate of drug-likeness (QED) is 0.862. The van der Waals surface area contributed by atoms with E-state index in [0.29, 0.717) is 0 Å². The molecule has 2 fully saturated rings. The zero-order chi connectivity index (χ0) is 16.5. The largest absolute Gasteiger partial charge is 0.254 e. The number of hydrogen-bond acceptors (Lipinski definition) is 4. The highest BCUT2D eigenvalue weighted by molar-refractivity contribution is 5.14. The molecule has 0 bridgehead atoms. The highest BCUT2D eigenvalue weighted by Gasteiger charge is 2.39. The van der Waals surface area contributed by atoms with Gasteiger partial charge in [0.2, 0.25) is 0 Å². The standard InChI is InChI=1S/C20H34N4/c1-2-5-9-15-20(14-8-4-1,19-13-12-16-21-23-19)24-18-11-7-3-6-10-17-22-24/h12-13,16,22H,1-11,14-15,17-18H2. The Hall–Kier alpha value is -1.00. The zero-order valence-electron chi connectivity index (χ0n) is 15.2. The van der Waals surface area contributed by atoms with E-state index < -0.39 is 0 Å². The number of hydrazine groups is 1. The molecule has 4 heteroatoms. The summed E-state index contributed by atoms with van der Waals surface area (Å²) in [5.74, 6) is 0. The van der Waals surface area contributed by atoms with Gasteiger partial charge in [-0.3, -0.25) is 5.43 Å². The summed E-state index contributed by atoms with van der Waals surface area (Å²) in [6, 6.07) is 4.27. The van der Waals surface area contributed by atoms with Crippen LogP contribution < -0.4 is 5.43 Å². The van der Waals surface area contributed by atoms with Crippen LogP contribution in [-0.2, 0) is 5.54 Å². The van der Waals surface area contributed by atoms with E-state index in [4.69, 9.17) is 0 Å². The minimum atomic E-state index is 0.0307. The van der Waals surface area contributed by atoms with Gasteiger partial charge in [0.05, 0.1) is 11.2 Å². The zero-order valence-corrected chi connectivity index (χ0v) is 15.2. The Kier molecular flexibility index (Phi) is 7.03. The predicted octanol–water partition coefficient (Wildman–Crippen LogP) is 4.58. The fourth-order valence-corrected chi connectivity index (χ4v) is 4.46. The van der Waals surface area contributed by atoms with Crippen molar-refractivity contribution in [3.63, 3.8) is 0 Å². The van der Waals surface area contributed by atoms with E-state index in [1.807, 2.05) is 0 Å². The van der Waals surface area contributed by atoms with E-state index in [1.165, 1.54) is 89.2 Å². The average Bonchev–Trinajstić information content (AvgIpc) is 2.84. The van der Waals surface area contributed by atoms with Crippen LogP contribution in [0.2, 0.25) is 0 Å². The highest BCUT2D eigenvalue weighted by Crippen LogP contribution is 2.38. The van der Waals surface area contributed by atoms with Crippen molar-refractivity contribution in [3.05, 3.63) is 24.0 Å². The topological polar surface area (TPSA) is 41.1 Å². The maximum atomic E-state index is 4.60. The Morgan fingerprint density at radius 2 is 1.50 bits per heavy atom. The number of aromatic nitrogens is 2. The second-order valence-electron chi connectivity index (χ2n) is 7.59. The van der Waals surface area contributed by atoms with E-state index in [-0.39, 0.29) is 5.54 Å². The Morgan fingerprint density at radius 1 is 0.833 bits per heavy atom. The molecule has 3 rings (SSSR count). The first-order valence-corrected chi connectivity index (χ1v) is 10.2. The molecule has 2 heterocycles. The van der Waals surface area contributed by atoms with Crippen molar-refractivity contribution in [1.29, 1.82) is 0 Å². The van der Waals surface area contributed by atoms with E-state index >= 15 is 0 Å². The summed E-state index contributed by atoms with van der Waals surface area (Å²) < 4.78 is 0. The Labute approximate surface area is 147 Å². The first-order valence-electron chi connectivity index (χ1n) is 10.2. The molecule has 0 aromatic carbocycles. The minimum absolute atomic E-state index is 0.0307. The van der Waals surface area contributed by atoms with Crippen molar-refractivity contribution in [1.82, 2.24) is 20.6 Å². The molecule has 0 unspecified atom stereocenters. The van der Waals surface area contributed by atoms with Crippen molar-refractivity contribution >= 4 is 0 Å². The lowest BCUT2D eigenvalue weighted by molar-refractivity contribution is 0.00763. The van der Waals surface area contributed by atoms with Crippen molar-refractivity contribution < 1.29 is 0 Å². The maximum absolute atomic E-state index is 4.60. The van der Waals surface area contributed by atoms with Crippen LogP contribution >= 0.6 is 0 Å². The third kappa shape index (κ3) is 4.54. The normalized spacial score (nSPS) is 24.7. The molecular formula is C20H34N4. The Bertz CT molecular complexity index is 442. The number of nitrogens with zero attached hydrogens (tertiary/aromatic N) is 3. The molecule has 0 spiro atoms. The number of hydrogen-bond donors (Lipinski definition) is 1. The summed E-state index contributed by atoms with van der Waals surface area (Å²) in [6.45, 7) is 2.23. The highest BCUT2D eigenvalue weighted by atomic mass is 15.5. The third-order valence-corrected chi connectivity index (χ3v) is 5.86. The average molecular weight is 331 g/mol. The van der Waals surface area contributed by atoms with Gasteiger partial charge in [-0.2, -0.15) is 10.2 Å². The first-order chi connectivity index (χ1) is 11.9. The molecule has 1 aromatic rings. The summed E-state index contributed by atoms with van der Waals surface area (Å²) in [5.41, 5.74) is 5.01. The molecule has 0 radical (unpaired) electrons. The smallest absolute Gasteiger partial charge is 0.0847 e. The van der Waals surface area contributed by atoms with Crippen molar-refractivity contribution in [3.8, 4) is 0 Å². The second kappa shape index (κ2) is 9.47. The summed E-state index contributed by atoms with van der Waals surface area (Å²) in [7, 11) is 0. The minimum Gasteiger partial charge on any atom is -0.254 e. The van der Waals surface area contributed by atoms with Crippen LogP contribution in [0.1, 0.15) is 89.2 Å². The predicted molar refractivity (Wildman–Crippen MR) is 98.4 cm³/mol. The fraction of sp³-hybridized carbons (Fsp3) is 0.800. The summed E-state index contributed by atoms with van der Waals surface area (Å²) >= 11 is 0. The molecule has 0 atom stereocenters. The van der Waals surface area contributed by atoms with Crippen molar-refractivity contribution in [2.75, 3.05) is 13.1 Å². The van der Waals surface area contributed by atoms with Gasteiger partial charge in [-0.15, -0.1) is 0 Å². The van der Waals surface area contributed by atoms with Gasteiger partial charge in [0.1, 0.15) is 0 Å². The molecule has 1 saturated heterocycles. The van der Waals surface area contributed by atoms with Crippen LogP contribution in [0.4, 0.5) is 0 Å². The molecule has 1 N–H and O–H groups in total. The molecule has 4 nitrogen and oxygen atoms in total. The van der Waals surface area contributed by atoms with Crippen LogP contribution in [-0.4, -0.2) is 28.3 Å². The van der Waals surface area contributed by atoms with E-state index in [0.717, 1.165) is 13.1 Å². The molecule has 0 amide bonds. The molecule has 1 aliphatic heterocycles. The van der Waals surface area contributed by atoms with Gasteiger partial charge in [-0.05, 0) is 37.8 Å². The van der Waals surface area contributed by atoms with Gasteiger partial charge in [-0.1, -0.05) is 57.8 Å². The monoisotopic (exact) mass is 330 g/mol. The lowest BCUT2D eigenvalue weighted by Crippen LogP contribution is -2.54. The fourth-order valence-electron chi connectivity index (χ4n) is 4.46. The lowest BCUT2D eigenvalue weighted by atomic mass is 9.83. The molecule has 1 aliphatic carbocycles. The summed E-state index contributed by atoms with van der Waals surface area (Å²) in [5, 5.41) is 11.4. The molecule has 24 heavy (non-hydrogen) atoms. The first kappa shape index (κ1) is 17.8. The van der Waals surface area contributed by atoms with Gasteiger partial charge in [-0.25, -0.2) is 5.01 Å².